The minimum Gasteiger partial charge on any atom is -0.380 e. The van der Waals surface area contributed by atoms with Crippen molar-refractivity contribution in [2.24, 2.45) is 17.8 Å². The summed E-state index contributed by atoms with van der Waals surface area (Å²) in [5, 5.41) is 2.96. The monoisotopic (exact) mass is 249 g/mol. The number of allylic oxidation sites excluding steroid dienone is 2. The Morgan fingerprint density at radius 1 is 1.22 bits per heavy atom. The molecule has 3 unspecified atom stereocenters. The number of hydrogen-bond donors (Lipinski definition) is 1. The van der Waals surface area contributed by atoms with Crippen molar-refractivity contribution in [3.63, 3.8) is 0 Å². The number of anilines is 1. The maximum absolute atomic E-state index is 13.8. The molecule has 1 nitrogen and oxygen atoms in total. The molecule has 2 aliphatic rings. The van der Waals surface area contributed by atoms with Gasteiger partial charge in [0.1, 0.15) is 11.5 Å². The number of aryl methyl sites for hydroxylation is 1. The molecule has 1 aromatic carbocycles. The first kappa shape index (κ1) is 11.7. The molecule has 0 radical (unpaired) electrons. The Labute approximate surface area is 106 Å². The number of benzene rings is 1. The maximum Gasteiger partial charge on any atom is 0.152 e. The third kappa shape index (κ3) is 1.92. The van der Waals surface area contributed by atoms with Gasteiger partial charge in [0.25, 0.3) is 0 Å². The van der Waals surface area contributed by atoms with Crippen LogP contribution in [0.15, 0.2) is 24.3 Å². The van der Waals surface area contributed by atoms with Crippen LogP contribution in [0.3, 0.4) is 0 Å². The zero-order valence-corrected chi connectivity index (χ0v) is 10.4. The molecule has 1 N–H and O–H groups in total. The minimum absolute atomic E-state index is 0.0294. The van der Waals surface area contributed by atoms with Crippen molar-refractivity contribution in [3.05, 3.63) is 41.5 Å². The summed E-state index contributed by atoms with van der Waals surface area (Å²) < 4.78 is 27.4. The maximum atomic E-state index is 13.8. The van der Waals surface area contributed by atoms with Crippen LogP contribution in [0.4, 0.5) is 14.5 Å². The molecule has 0 saturated heterocycles. The zero-order chi connectivity index (χ0) is 12.7. The van der Waals surface area contributed by atoms with Crippen molar-refractivity contribution in [1.82, 2.24) is 0 Å². The van der Waals surface area contributed by atoms with Gasteiger partial charge in [0, 0.05) is 6.54 Å². The van der Waals surface area contributed by atoms with E-state index in [4.69, 9.17) is 0 Å². The van der Waals surface area contributed by atoms with Crippen LogP contribution in [0.25, 0.3) is 0 Å². The Hall–Kier alpha value is -1.38. The Balaban J connectivity index is 1.70. The first-order valence-corrected chi connectivity index (χ1v) is 6.52. The summed E-state index contributed by atoms with van der Waals surface area (Å²) >= 11 is 0. The van der Waals surface area contributed by atoms with Crippen molar-refractivity contribution in [2.45, 2.75) is 19.8 Å². The lowest BCUT2D eigenvalue weighted by Crippen LogP contribution is -2.19. The van der Waals surface area contributed by atoms with Gasteiger partial charge in [0.15, 0.2) is 5.82 Å². The van der Waals surface area contributed by atoms with E-state index < -0.39 is 11.6 Å². The molecule has 3 atom stereocenters. The molecule has 0 heterocycles. The van der Waals surface area contributed by atoms with E-state index in [9.17, 15) is 8.78 Å². The van der Waals surface area contributed by atoms with E-state index in [0.717, 1.165) is 6.42 Å². The van der Waals surface area contributed by atoms with E-state index in [1.54, 1.807) is 6.92 Å². The highest BCUT2D eigenvalue weighted by Gasteiger charge is 2.35. The van der Waals surface area contributed by atoms with Gasteiger partial charge >= 0.3 is 0 Å². The largest absolute Gasteiger partial charge is 0.380 e. The van der Waals surface area contributed by atoms with E-state index in [2.05, 4.69) is 17.5 Å². The Morgan fingerprint density at radius 3 is 2.72 bits per heavy atom. The highest BCUT2D eigenvalue weighted by atomic mass is 19.1. The summed E-state index contributed by atoms with van der Waals surface area (Å²) in [6, 6.07) is 2.79. The van der Waals surface area contributed by atoms with Gasteiger partial charge in [-0.25, -0.2) is 8.78 Å². The fraction of sp³-hybridized carbons (Fsp3) is 0.467. The topological polar surface area (TPSA) is 12.0 Å². The summed E-state index contributed by atoms with van der Waals surface area (Å²) in [6.07, 6.45) is 6.88. The smallest absolute Gasteiger partial charge is 0.152 e. The van der Waals surface area contributed by atoms with Crippen molar-refractivity contribution in [3.8, 4) is 0 Å². The second kappa shape index (κ2) is 4.38. The second-order valence-electron chi connectivity index (χ2n) is 5.47. The van der Waals surface area contributed by atoms with Crippen molar-refractivity contribution in [1.29, 1.82) is 0 Å². The summed E-state index contributed by atoms with van der Waals surface area (Å²) in [6.45, 7) is 2.31. The molecule has 1 fully saturated rings. The lowest BCUT2D eigenvalue weighted by Gasteiger charge is -2.20. The van der Waals surface area contributed by atoms with E-state index in [-0.39, 0.29) is 5.69 Å². The Kier molecular flexibility index (Phi) is 2.84. The molecule has 96 valence electrons. The van der Waals surface area contributed by atoms with Gasteiger partial charge in [0.2, 0.25) is 0 Å². The average molecular weight is 249 g/mol. The molecule has 1 aromatic rings. The Bertz CT molecular complexity index is 496. The van der Waals surface area contributed by atoms with E-state index in [0.29, 0.717) is 29.9 Å². The molecule has 3 rings (SSSR count). The Morgan fingerprint density at radius 2 is 2.06 bits per heavy atom. The van der Waals surface area contributed by atoms with E-state index in [1.807, 2.05) is 0 Å². The molecular weight excluding hydrogens is 232 g/mol. The molecular formula is C15H17F2N. The second-order valence-corrected chi connectivity index (χ2v) is 5.47. The van der Waals surface area contributed by atoms with Gasteiger partial charge in [-0.05, 0) is 49.1 Å². The summed E-state index contributed by atoms with van der Waals surface area (Å²) in [5.74, 6) is 0.831. The molecule has 2 aliphatic carbocycles. The minimum atomic E-state index is -0.503. The predicted octanol–water partition coefficient (Wildman–Crippen LogP) is 3.90. The van der Waals surface area contributed by atoms with Gasteiger partial charge in [-0.15, -0.1) is 0 Å². The molecule has 0 aliphatic heterocycles. The van der Waals surface area contributed by atoms with Crippen molar-refractivity contribution in [2.75, 3.05) is 11.9 Å². The van der Waals surface area contributed by atoms with Crippen LogP contribution in [-0.2, 0) is 0 Å². The van der Waals surface area contributed by atoms with Gasteiger partial charge < -0.3 is 5.32 Å². The average Bonchev–Trinajstić information content (AvgIpc) is 2.96. The van der Waals surface area contributed by atoms with Gasteiger partial charge in [0.05, 0.1) is 0 Å². The van der Waals surface area contributed by atoms with Crippen LogP contribution in [0.5, 0.6) is 0 Å². The van der Waals surface area contributed by atoms with Crippen LogP contribution in [-0.4, -0.2) is 6.54 Å². The van der Waals surface area contributed by atoms with Gasteiger partial charge in [-0.1, -0.05) is 18.2 Å². The van der Waals surface area contributed by atoms with Crippen LogP contribution in [0.2, 0.25) is 0 Å². The summed E-state index contributed by atoms with van der Waals surface area (Å²) in [4.78, 5) is 0. The number of hydrogen-bond acceptors (Lipinski definition) is 1. The first-order valence-electron chi connectivity index (χ1n) is 6.52. The molecule has 2 bridgehead atoms. The van der Waals surface area contributed by atoms with E-state index >= 15 is 0 Å². The summed E-state index contributed by atoms with van der Waals surface area (Å²) in [5.41, 5.74) is 0.508. The zero-order valence-electron chi connectivity index (χ0n) is 10.4. The normalized spacial score (nSPS) is 28.9. The highest BCUT2D eigenvalue weighted by molar-refractivity contribution is 5.49. The standard InChI is InChI=1S/C15H17F2N/c1-9-2-5-13(16)15(14(9)17)18-8-12-7-10-3-4-11(12)6-10/h2-5,10-12,18H,6-8H2,1H3. The van der Waals surface area contributed by atoms with E-state index in [1.165, 1.54) is 18.6 Å². The molecule has 3 heteroatoms. The summed E-state index contributed by atoms with van der Waals surface area (Å²) in [7, 11) is 0. The van der Waals surface area contributed by atoms with Crippen LogP contribution >= 0.6 is 0 Å². The van der Waals surface area contributed by atoms with Crippen LogP contribution < -0.4 is 5.32 Å². The van der Waals surface area contributed by atoms with Crippen molar-refractivity contribution < 1.29 is 8.78 Å². The number of rotatable bonds is 3. The predicted molar refractivity (Wildman–Crippen MR) is 68.4 cm³/mol. The number of nitrogens with one attached hydrogen (secondary N) is 1. The molecule has 1 saturated carbocycles. The number of halogens is 2. The number of fused-ring (bicyclic) bond motifs is 2. The van der Waals surface area contributed by atoms with Gasteiger partial charge in [-0.3, -0.25) is 0 Å². The highest BCUT2D eigenvalue weighted by Crippen LogP contribution is 2.43. The van der Waals surface area contributed by atoms with Crippen molar-refractivity contribution >= 4 is 5.69 Å². The van der Waals surface area contributed by atoms with Crippen LogP contribution in [0, 0.1) is 36.3 Å². The third-order valence-corrected chi connectivity index (χ3v) is 4.24. The molecule has 0 aromatic heterocycles. The quantitative estimate of drug-likeness (QED) is 0.801. The van der Waals surface area contributed by atoms with Crippen LogP contribution in [0.1, 0.15) is 18.4 Å². The molecule has 0 amide bonds. The molecule has 18 heavy (non-hydrogen) atoms. The lowest BCUT2D eigenvalue weighted by molar-refractivity contribution is 0.468. The third-order valence-electron chi connectivity index (χ3n) is 4.24. The fourth-order valence-corrected chi connectivity index (χ4v) is 3.18. The lowest BCUT2D eigenvalue weighted by atomic mass is 9.93. The SMILES string of the molecule is Cc1ccc(F)c(NCC2CC3C=CC2C3)c1F. The first-order chi connectivity index (χ1) is 8.65. The molecule has 0 spiro atoms. The van der Waals surface area contributed by atoms with Gasteiger partial charge in [-0.2, -0.15) is 0 Å². The fourth-order valence-electron chi connectivity index (χ4n) is 3.18.